The van der Waals surface area contributed by atoms with Gasteiger partial charge < -0.3 is 5.73 Å². The van der Waals surface area contributed by atoms with Crippen molar-refractivity contribution in [2.24, 2.45) is 5.73 Å². The molecule has 0 saturated carbocycles. The Labute approximate surface area is 121 Å². The Morgan fingerprint density at radius 3 is 1.90 bits per heavy atom. The van der Waals surface area contributed by atoms with Crippen molar-refractivity contribution < 1.29 is 0 Å². The van der Waals surface area contributed by atoms with Gasteiger partial charge in [-0.1, -0.05) is 48.5 Å². The molecule has 1 heterocycles. The van der Waals surface area contributed by atoms with E-state index in [1.54, 1.807) is 0 Å². The third-order valence-electron chi connectivity index (χ3n) is 4.18. The monoisotopic (exact) mass is 266 g/mol. The number of hydrogen-bond acceptors (Lipinski definition) is 2. The summed E-state index contributed by atoms with van der Waals surface area (Å²) >= 11 is 0. The average molecular weight is 266 g/mol. The first kappa shape index (κ1) is 13.3. The summed E-state index contributed by atoms with van der Waals surface area (Å²) < 4.78 is 0. The highest BCUT2D eigenvalue weighted by atomic mass is 15.1. The van der Waals surface area contributed by atoms with Crippen LogP contribution in [0.5, 0.6) is 0 Å². The summed E-state index contributed by atoms with van der Waals surface area (Å²) in [6.07, 6.45) is 2.33. The number of fused-ring (bicyclic) bond motifs is 1. The molecule has 0 aromatic heterocycles. The fourth-order valence-corrected chi connectivity index (χ4v) is 2.91. The highest BCUT2D eigenvalue weighted by Crippen LogP contribution is 2.17. The van der Waals surface area contributed by atoms with Crippen LogP contribution in [0, 0.1) is 0 Å². The van der Waals surface area contributed by atoms with Gasteiger partial charge in [0.05, 0.1) is 0 Å². The molecule has 0 radical (unpaired) electrons. The Morgan fingerprint density at radius 2 is 1.35 bits per heavy atom. The van der Waals surface area contributed by atoms with E-state index in [0.29, 0.717) is 6.54 Å². The second-order valence-electron chi connectivity index (χ2n) is 5.57. The van der Waals surface area contributed by atoms with Crippen LogP contribution in [-0.2, 0) is 25.9 Å². The van der Waals surface area contributed by atoms with Gasteiger partial charge in [-0.3, -0.25) is 4.90 Å². The van der Waals surface area contributed by atoms with Gasteiger partial charge >= 0.3 is 0 Å². The summed E-state index contributed by atoms with van der Waals surface area (Å²) in [7, 11) is 0. The first-order chi connectivity index (χ1) is 9.85. The van der Waals surface area contributed by atoms with Crippen LogP contribution in [0.2, 0.25) is 0 Å². The summed E-state index contributed by atoms with van der Waals surface area (Å²) in [5.41, 5.74) is 11.3. The summed E-state index contributed by atoms with van der Waals surface area (Å²) in [5.74, 6) is 0. The number of nitrogens with zero attached hydrogens (tertiary/aromatic N) is 1. The van der Waals surface area contributed by atoms with E-state index in [-0.39, 0.29) is 0 Å². The van der Waals surface area contributed by atoms with Crippen molar-refractivity contribution >= 4 is 0 Å². The molecule has 0 unspecified atom stereocenters. The maximum Gasteiger partial charge on any atom is 0.0233 e. The van der Waals surface area contributed by atoms with E-state index in [0.717, 1.165) is 32.5 Å². The van der Waals surface area contributed by atoms with Crippen LogP contribution in [0.25, 0.3) is 0 Å². The van der Waals surface area contributed by atoms with E-state index < -0.39 is 0 Å². The Bertz CT molecular complexity index is 533. The molecule has 2 heteroatoms. The lowest BCUT2D eigenvalue weighted by Gasteiger charge is -2.19. The van der Waals surface area contributed by atoms with Gasteiger partial charge in [-0.15, -0.1) is 0 Å². The number of hydrogen-bond donors (Lipinski definition) is 1. The highest BCUT2D eigenvalue weighted by molar-refractivity contribution is 5.29. The second kappa shape index (κ2) is 6.21. The fourth-order valence-electron chi connectivity index (χ4n) is 2.91. The van der Waals surface area contributed by atoms with Crippen molar-refractivity contribution in [3.8, 4) is 0 Å². The topological polar surface area (TPSA) is 29.3 Å². The van der Waals surface area contributed by atoms with Gasteiger partial charge in [-0.2, -0.15) is 0 Å². The molecule has 2 aromatic carbocycles. The molecule has 0 atom stereocenters. The normalized spacial score (nSPS) is 15.7. The van der Waals surface area contributed by atoms with Crippen LogP contribution in [0.4, 0.5) is 0 Å². The number of rotatable bonds is 3. The summed E-state index contributed by atoms with van der Waals surface area (Å²) in [6, 6.07) is 17.5. The molecular weight excluding hydrogens is 244 g/mol. The van der Waals surface area contributed by atoms with Crippen molar-refractivity contribution in [1.82, 2.24) is 4.90 Å². The second-order valence-corrected chi connectivity index (χ2v) is 5.57. The van der Waals surface area contributed by atoms with Gasteiger partial charge in [0.25, 0.3) is 0 Å². The van der Waals surface area contributed by atoms with Crippen molar-refractivity contribution in [2.75, 3.05) is 13.1 Å². The van der Waals surface area contributed by atoms with Gasteiger partial charge in [0.15, 0.2) is 0 Å². The molecule has 104 valence electrons. The maximum absolute atomic E-state index is 5.64. The minimum Gasteiger partial charge on any atom is -0.326 e. The Balaban J connectivity index is 1.65. The molecule has 1 aliphatic rings. The van der Waals surface area contributed by atoms with Gasteiger partial charge in [0, 0.05) is 26.2 Å². The molecule has 3 rings (SSSR count). The quantitative estimate of drug-likeness (QED) is 0.925. The first-order valence-corrected chi connectivity index (χ1v) is 7.42. The Hall–Kier alpha value is -1.64. The van der Waals surface area contributed by atoms with E-state index in [9.17, 15) is 0 Å². The van der Waals surface area contributed by atoms with Crippen LogP contribution in [0.1, 0.15) is 22.3 Å². The molecule has 0 spiro atoms. The third-order valence-corrected chi connectivity index (χ3v) is 4.18. The zero-order valence-corrected chi connectivity index (χ0v) is 11.9. The van der Waals surface area contributed by atoms with E-state index in [2.05, 4.69) is 53.4 Å². The van der Waals surface area contributed by atoms with Crippen LogP contribution in [-0.4, -0.2) is 18.0 Å². The summed E-state index contributed by atoms with van der Waals surface area (Å²) in [5, 5.41) is 0. The van der Waals surface area contributed by atoms with E-state index >= 15 is 0 Å². The Morgan fingerprint density at radius 1 is 0.800 bits per heavy atom. The van der Waals surface area contributed by atoms with Crippen molar-refractivity contribution in [2.45, 2.75) is 25.9 Å². The van der Waals surface area contributed by atoms with Crippen molar-refractivity contribution in [1.29, 1.82) is 0 Å². The van der Waals surface area contributed by atoms with Crippen LogP contribution in [0.3, 0.4) is 0 Å². The largest absolute Gasteiger partial charge is 0.326 e. The summed E-state index contributed by atoms with van der Waals surface area (Å²) in [6.45, 7) is 3.96. The predicted molar refractivity (Wildman–Crippen MR) is 83.5 cm³/mol. The van der Waals surface area contributed by atoms with Crippen LogP contribution < -0.4 is 5.73 Å². The zero-order chi connectivity index (χ0) is 13.8. The van der Waals surface area contributed by atoms with Gasteiger partial charge in [0.2, 0.25) is 0 Å². The molecule has 1 aliphatic heterocycles. The molecule has 2 aromatic rings. The minimum absolute atomic E-state index is 0.624. The number of benzene rings is 2. The van der Waals surface area contributed by atoms with Crippen molar-refractivity contribution in [3.63, 3.8) is 0 Å². The standard InChI is InChI=1S/C18H22N2/c19-13-15-5-7-16(8-6-15)14-20-11-9-17-3-1-2-4-18(17)10-12-20/h1-8H,9-14,19H2. The predicted octanol–water partition coefficient (Wildman–Crippen LogP) is 2.75. The smallest absolute Gasteiger partial charge is 0.0233 e. The fraction of sp³-hybridized carbons (Fsp3) is 0.333. The first-order valence-electron chi connectivity index (χ1n) is 7.42. The minimum atomic E-state index is 0.624. The maximum atomic E-state index is 5.64. The lowest BCUT2D eigenvalue weighted by atomic mass is 10.0. The third kappa shape index (κ3) is 3.09. The molecule has 0 amide bonds. The molecule has 0 saturated heterocycles. The number of nitrogens with two attached hydrogens (primary N) is 1. The molecule has 2 nitrogen and oxygen atoms in total. The molecule has 20 heavy (non-hydrogen) atoms. The van der Waals surface area contributed by atoms with Crippen molar-refractivity contribution in [3.05, 3.63) is 70.8 Å². The van der Waals surface area contributed by atoms with E-state index in [4.69, 9.17) is 5.73 Å². The van der Waals surface area contributed by atoms with Gasteiger partial charge in [-0.25, -0.2) is 0 Å². The van der Waals surface area contributed by atoms with Crippen LogP contribution >= 0.6 is 0 Å². The van der Waals surface area contributed by atoms with Crippen LogP contribution in [0.15, 0.2) is 48.5 Å². The highest BCUT2D eigenvalue weighted by Gasteiger charge is 2.13. The van der Waals surface area contributed by atoms with E-state index in [1.165, 1.54) is 22.3 Å². The Kier molecular flexibility index (Phi) is 4.14. The average Bonchev–Trinajstić information content (AvgIpc) is 2.71. The van der Waals surface area contributed by atoms with E-state index in [1.807, 2.05) is 0 Å². The molecule has 0 aliphatic carbocycles. The van der Waals surface area contributed by atoms with Gasteiger partial charge in [-0.05, 0) is 35.1 Å². The molecular formula is C18H22N2. The molecule has 0 bridgehead atoms. The van der Waals surface area contributed by atoms with Gasteiger partial charge in [0.1, 0.15) is 0 Å². The lowest BCUT2D eigenvalue weighted by molar-refractivity contribution is 0.279. The SMILES string of the molecule is NCc1ccc(CN2CCc3ccccc3CC2)cc1. The zero-order valence-electron chi connectivity index (χ0n) is 11.9. The lowest BCUT2D eigenvalue weighted by Crippen LogP contribution is -2.25. The molecule has 2 N–H and O–H groups in total. The summed E-state index contributed by atoms with van der Waals surface area (Å²) in [4.78, 5) is 2.55. The molecule has 0 fully saturated rings.